The zero-order valence-electron chi connectivity index (χ0n) is 42.8. The van der Waals surface area contributed by atoms with E-state index in [-0.39, 0.29) is 23.0 Å². The van der Waals surface area contributed by atoms with E-state index in [0.29, 0.717) is 49.8 Å². The van der Waals surface area contributed by atoms with Gasteiger partial charge in [0.15, 0.2) is 0 Å². The Hall–Kier alpha value is -5.43. The third kappa shape index (κ3) is 22.6. The summed E-state index contributed by atoms with van der Waals surface area (Å²) in [6, 6.07) is 26.5. The topological polar surface area (TPSA) is 146 Å². The zero-order chi connectivity index (χ0) is 50.1. The summed E-state index contributed by atoms with van der Waals surface area (Å²) in [6.45, 7) is 5.36. The first-order chi connectivity index (χ1) is 35.5. The average Bonchev–Trinajstić information content (AvgIpc) is 3.38. The second-order valence-electron chi connectivity index (χ2n) is 19.0. The molecular formula is C60H80O12. The van der Waals surface area contributed by atoms with E-state index in [1.54, 1.807) is 36.4 Å². The number of benzene rings is 3. The Morgan fingerprint density at radius 1 is 0.306 bits per heavy atom. The second kappa shape index (κ2) is 34.1. The van der Waals surface area contributed by atoms with E-state index in [1.165, 1.54) is 108 Å². The predicted molar refractivity (Wildman–Crippen MR) is 286 cm³/mol. The van der Waals surface area contributed by atoms with Crippen LogP contribution in [0.1, 0.15) is 154 Å². The first-order valence-corrected chi connectivity index (χ1v) is 27.3. The fourth-order valence-electron chi connectivity index (χ4n) is 8.78. The van der Waals surface area contributed by atoms with Crippen molar-refractivity contribution in [3.63, 3.8) is 0 Å². The van der Waals surface area contributed by atoms with Crippen molar-refractivity contribution in [1.29, 1.82) is 0 Å². The molecule has 72 heavy (non-hydrogen) atoms. The van der Waals surface area contributed by atoms with Gasteiger partial charge in [0.25, 0.3) is 0 Å². The quantitative estimate of drug-likeness (QED) is 0.0266. The van der Waals surface area contributed by atoms with Gasteiger partial charge < -0.3 is 41.7 Å². The van der Waals surface area contributed by atoms with Crippen LogP contribution in [-0.2, 0) is 14.2 Å². The molecule has 0 bridgehead atoms. The van der Waals surface area contributed by atoms with Gasteiger partial charge in [-0.25, -0.2) is 14.4 Å². The van der Waals surface area contributed by atoms with E-state index < -0.39 is 0 Å². The highest BCUT2D eigenvalue weighted by molar-refractivity contribution is 5.79. The summed E-state index contributed by atoms with van der Waals surface area (Å²) in [5, 5.41) is 2.67. The van der Waals surface area contributed by atoms with E-state index >= 15 is 0 Å². The lowest BCUT2D eigenvalue weighted by Gasteiger charge is -2.18. The van der Waals surface area contributed by atoms with Gasteiger partial charge in [-0.3, -0.25) is 0 Å². The Bertz CT molecular complexity index is 2460. The monoisotopic (exact) mass is 993 g/mol. The molecule has 0 amide bonds. The Kier molecular flexibility index (Phi) is 26.4. The highest BCUT2D eigenvalue weighted by atomic mass is 16.6. The van der Waals surface area contributed by atoms with Crippen LogP contribution >= 0.6 is 0 Å². The molecule has 3 aromatic carbocycles. The summed E-state index contributed by atoms with van der Waals surface area (Å²) >= 11 is 0. The van der Waals surface area contributed by atoms with Crippen molar-refractivity contribution in [3.8, 4) is 17.2 Å². The lowest BCUT2D eigenvalue weighted by atomic mass is 10.1. The highest BCUT2D eigenvalue weighted by Crippen LogP contribution is 2.23. The molecule has 3 aromatic heterocycles. The molecule has 0 N–H and O–H groups in total. The normalized spacial score (nSPS) is 11.6. The van der Waals surface area contributed by atoms with Crippen LogP contribution in [0, 0.1) is 0 Å². The number of unbranched alkanes of at least 4 members (excludes halogenated alkanes) is 21. The first kappa shape index (κ1) is 55.9. The van der Waals surface area contributed by atoms with Gasteiger partial charge in [-0.15, -0.1) is 0 Å². The molecule has 3 heterocycles. The van der Waals surface area contributed by atoms with Crippen molar-refractivity contribution in [2.75, 3.05) is 52.9 Å². The summed E-state index contributed by atoms with van der Waals surface area (Å²) in [7, 11) is 0. The van der Waals surface area contributed by atoms with Crippen LogP contribution in [0.3, 0.4) is 0 Å². The van der Waals surface area contributed by atoms with Gasteiger partial charge in [0, 0.05) is 72.4 Å². The number of hydrogen-bond donors (Lipinski definition) is 0. The summed E-state index contributed by atoms with van der Waals surface area (Å²) in [6.07, 6.45) is 27.8. The maximum atomic E-state index is 11.5. The van der Waals surface area contributed by atoms with E-state index in [4.69, 9.17) is 41.7 Å². The molecule has 0 unspecified atom stereocenters. The number of hydrogen-bond acceptors (Lipinski definition) is 12. The molecule has 0 aliphatic carbocycles. The van der Waals surface area contributed by atoms with Crippen molar-refractivity contribution in [3.05, 3.63) is 122 Å². The minimum Gasteiger partial charge on any atom is -0.493 e. The predicted octanol–water partition coefficient (Wildman–Crippen LogP) is 14.3. The number of ether oxygens (including phenoxy) is 6. The van der Waals surface area contributed by atoms with E-state index in [0.717, 1.165) is 117 Å². The van der Waals surface area contributed by atoms with Gasteiger partial charge in [-0.2, -0.15) is 0 Å². The van der Waals surface area contributed by atoms with Gasteiger partial charge >= 0.3 is 16.9 Å². The van der Waals surface area contributed by atoms with Crippen LogP contribution in [0.25, 0.3) is 32.9 Å². The molecule has 0 fully saturated rings. The molecule has 0 aliphatic rings. The van der Waals surface area contributed by atoms with Crippen LogP contribution in [0.5, 0.6) is 17.2 Å². The lowest BCUT2D eigenvalue weighted by Crippen LogP contribution is -2.26. The molecule has 0 aliphatic heterocycles. The molecule has 12 heteroatoms. The van der Waals surface area contributed by atoms with E-state index in [2.05, 4.69) is 0 Å². The maximum absolute atomic E-state index is 11.5. The standard InChI is InChI=1S/C60H80O12/c61-58-34-28-48-25-31-51(43-55(48)70-58)66-39-21-15-9-3-1-7-13-19-37-64-46-54(69-42-24-18-12-6-5-11-17-23-41-68-53-33-27-50-30-36-60(63)72-57(50)45-53)47-65-38-20-14-8-2-4-10-16-22-40-67-52-32-26-49-29-35-59(62)71-56(49)44-52/h25-36,43-45,54H,1-24,37-42,46-47H2. The van der Waals surface area contributed by atoms with E-state index in [1.807, 2.05) is 36.4 Å². The van der Waals surface area contributed by atoms with Crippen LogP contribution < -0.4 is 31.1 Å². The third-order valence-electron chi connectivity index (χ3n) is 13.0. The SMILES string of the molecule is O=c1ccc2ccc(OCCCCCCCCCCOCC(COCCCCCCCCCCOc3ccc4ccc(=O)oc4c3)OCCCCCCCCCCOc3ccc4ccc(=O)oc4c3)cc2o1. The van der Waals surface area contributed by atoms with Crippen molar-refractivity contribution in [2.45, 2.75) is 160 Å². The largest absolute Gasteiger partial charge is 0.493 e. The fraction of sp³-hybridized carbons (Fsp3) is 0.550. The second-order valence-corrected chi connectivity index (χ2v) is 19.0. The summed E-state index contributed by atoms with van der Waals surface area (Å²) in [5.74, 6) is 2.21. The minimum atomic E-state index is -0.350. The Morgan fingerprint density at radius 2 is 0.569 bits per heavy atom. The molecule has 0 spiro atoms. The van der Waals surface area contributed by atoms with Crippen LogP contribution in [0.4, 0.5) is 0 Å². The Morgan fingerprint density at radius 3 is 0.889 bits per heavy atom. The highest BCUT2D eigenvalue weighted by Gasteiger charge is 2.11. The van der Waals surface area contributed by atoms with Crippen molar-refractivity contribution in [1.82, 2.24) is 0 Å². The molecule has 0 radical (unpaired) electrons. The van der Waals surface area contributed by atoms with Gasteiger partial charge in [-0.05, 0) is 93.1 Å². The zero-order valence-corrected chi connectivity index (χ0v) is 42.8. The molecular weight excluding hydrogens is 913 g/mol. The van der Waals surface area contributed by atoms with Gasteiger partial charge in [-0.1, -0.05) is 116 Å². The maximum Gasteiger partial charge on any atom is 0.336 e. The van der Waals surface area contributed by atoms with Crippen LogP contribution in [0.2, 0.25) is 0 Å². The smallest absolute Gasteiger partial charge is 0.336 e. The van der Waals surface area contributed by atoms with Crippen LogP contribution in [-0.4, -0.2) is 59.0 Å². The van der Waals surface area contributed by atoms with Crippen molar-refractivity contribution in [2.24, 2.45) is 0 Å². The van der Waals surface area contributed by atoms with Gasteiger partial charge in [0.2, 0.25) is 0 Å². The molecule has 0 atom stereocenters. The molecule has 0 saturated carbocycles. The minimum absolute atomic E-state index is 0.0443. The summed E-state index contributed by atoms with van der Waals surface area (Å²) < 4.78 is 52.1. The van der Waals surface area contributed by atoms with Crippen molar-refractivity contribution >= 4 is 32.9 Å². The van der Waals surface area contributed by atoms with E-state index in [9.17, 15) is 14.4 Å². The molecule has 12 nitrogen and oxygen atoms in total. The van der Waals surface area contributed by atoms with Gasteiger partial charge in [0.05, 0.1) is 33.0 Å². The van der Waals surface area contributed by atoms with Crippen LogP contribution in [0.15, 0.2) is 119 Å². The number of rotatable bonds is 41. The number of fused-ring (bicyclic) bond motifs is 3. The Labute approximate surface area is 425 Å². The average molecular weight is 993 g/mol. The van der Waals surface area contributed by atoms with Gasteiger partial charge in [0.1, 0.15) is 40.1 Å². The summed E-state index contributed by atoms with van der Waals surface area (Å²) in [4.78, 5) is 34.6. The van der Waals surface area contributed by atoms with Crippen molar-refractivity contribution < 1.29 is 41.7 Å². The molecule has 0 saturated heterocycles. The first-order valence-electron chi connectivity index (χ1n) is 27.3. The summed E-state index contributed by atoms with van der Waals surface area (Å²) in [5.41, 5.74) is 0.622. The third-order valence-corrected chi connectivity index (χ3v) is 13.0. The molecule has 392 valence electrons. The Balaban J connectivity index is 0.750. The molecule has 6 aromatic rings. The lowest BCUT2D eigenvalue weighted by molar-refractivity contribution is -0.0616. The fourth-order valence-corrected chi connectivity index (χ4v) is 8.78. The molecule has 6 rings (SSSR count).